The maximum absolute atomic E-state index is 6.30. The number of fused-ring (bicyclic) bond motifs is 4. The molecule has 1 N–H and O–H groups in total. The normalized spacial score (nSPS) is 11.0. The lowest BCUT2D eigenvalue weighted by molar-refractivity contribution is -0.616. The van der Waals surface area contributed by atoms with E-state index in [2.05, 4.69) is 47.3 Å². The number of furan rings is 1. The van der Waals surface area contributed by atoms with Crippen LogP contribution in [-0.2, 0) is 7.05 Å². The van der Waals surface area contributed by atoms with Gasteiger partial charge in [-0.2, -0.15) is 4.57 Å². The lowest BCUT2D eigenvalue weighted by Crippen LogP contribution is -3.00. The zero-order valence-electron chi connectivity index (χ0n) is 16.3. The Labute approximate surface area is 186 Å². The predicted molar refractivity (Wildman–Crippen MR) is 113 cm³/mol. The van der Waals surface area contributed by atoms with Gasteiger partial charge < -0.3 is 38.4 Å². The molecule has 5 rings (SSSR count). The Bertz CT molecular complexity index is 1310. The highest BCUT2D eigenvalue weighted by Crippen LogP contribution is 2.37. The SMILES string of the molecule is CCOc1ccc(Nc2c3ccccc3[n+](C)c3c2oc2ccccc23)cc1.[I-]. The number of nitrogens with one attached hydrogen (secondary N) is 1. The quantitative estimate of drug-likeness (QED) is 0.307. The van der Waals surface area contributed by atoms with E-state index in [1.807, 2.05) is 49.4 Å². The van der Waals surface area contributed by atoms with Crippen molar-refractivity contribution >= 4 is 44.3 Å². The number of hydrogen-bond donors (Lipinski definition) is 1. The summed E-state index contributed by atoms with van der Waals surface area (Å²) in [7, 11) is 2.09. The second-order valence-electron chi connectivity index (χ2n) is 6.81. The van der Waals surface area contributed by atoms with E-state index < -0.39 is 0 Å². The van der Waals surface area contributed by atoms with Crippen LogP contribution < -0.4 is 38.6 Å². The molecule has 0 fully saturated rings. The molecule has 5 heteroatoms. The molecule has 3 aromatic carbocycles. The highest BCUT2D eigenvalue weighted by atomic mass is 127. The first-order valence-corrected chi connectivity index (χ1v) is 9.48. The molecule has 146 valence electrons. The van der Waals surface area contributed by atoms with Crippen LogP contribution in [0.5, 0.6) is 5.75 Å². The van der Waals surface area contributed by atoms with Crippen molar-refractivity contribution in [1.82, 2.24) is 0 Å². The van der Waals surface area contributed by atoms with Gasteiger partial charge in [0, 0.05) is 11.8 Å². The number of ether oxygens (including phenoxy) is 1. The molecule has 0 aliphatic rings. The zero-order valence-corrected chi connectivity index (χ0v) is 18.4. The summed E-state index contributed by atoms with van der Waals surface area (Å²) in [5.41, 5.74) is 5.94. The van der Waals surface area contributed by atoms with Crippen molar-refractivity contribution in [3.63, 3.8) is 0 Å². The molecule has 0 bridgehead atoms. The Hall–Kier alpha value is -2.80. The summed E-state index contributed by atoms with van der Waals surface area (Å²) in [4.78, 5) is 0. The molecule has 0 spiro atoms. The Kier molecular flexibility index (Phi) is 5.32. The first-order valence-electron chi connectivity index (χ1n) is 9.48. The summed E-state index contributed by atoms with van der Waals surface area (Å²) in [6.45, 7) is 2.65. The molecule has 4 nitrogen and oxygen atoms in total. The molecule has 0 saturated carbocycles. The fourth-order valence-corrected chi connectivity index (χ4v) is 3.82. The first kappa shape index (κ1) is 19.5. The van der Waals surface area contributed by atoms with Crippen molar-refractivity contribution in [2.75, 3.05) is 11.9 Å². The molecule has 0 radical (unpaired) electrons. The van der Waals surface area contributed by atoms with E-state index in [-0.39, 0.29) is 24.0 Å². The van der Waals surface area contributed by atoms with E-state index in [0.29, 0.717) is 6.61 Å². The van der Waals surface area contributed by atoms with E-state index in [1.54, 1.807) is 0 Å². The van der Waals surface area contributed by atoms with Gasteiger partial charge in [-0.15, -0.1) is 0 Å². The second kappa shape index (κ2) is 7.91. The van der Waals surface area contributed by atoms with Crippen molar-refractivity contribution < 1.29 is 37.7 Å². The minimum absolute atomic E-state index is 0. The monoisotopic (exact) mass is 496 g/mol. The fourth-order valence-electron chi connectivity index (χ4n) is 3.82. The molecule has 29 heavy (non-hydrogen) atoms. The molecular weight excluding hydrogens is 475 g/mol. The average Bonchev–Trinajstić information content (AvgIpc) is 3.12. The predicted octanol–water partition coefficient (Wildman–Crippen LogP) is 2.71. The van der Waals surface area contributed by atoms with Gasteiger partial charge >= 0.3 is 0 Å². The highest BCUT2D eigenvalue weighted by molar-refractivity contribution is 6.11. The number of nitrogens with zero attached hydrogens (tertiary/aromatic N) is 1. The fraction of sp³-hybridized carbons (Fsp3) is 0.125. The van der Waals surface area contributed by atoms with E-state index in [9.17, 15) is 0 Å². The Morgan fingerprint density at radius 3 is 2.34 bits per heavy atom. The van der Waals surface area contributed by atoms with Gasteiger partial charge in [0.15, 0.2) is 0 Å². The van der Waals surface area contributed by atoms with Crippen LogP contribution in [-0.4, -0.2) is 6.61 Å². The summed E-state index contributed by atoms with van der Waals surface area (Å²) in [6.07, 6.45) is 0. The van der Waals surface area contributed by atoms with Gasteiger partial charge in [-0.05, 0) is 49.4 Å². The van der Waals surface area contributed by atoms with Crippen LogP contribution >= 0.6 is 0 Å². The van der Waals surface area contributed by atoms with Crippen molar-refractivity contribution in [1.29, 1.82) is 0 Å². The number of aromatic nitrogens is 1. The smallest absolute Gasteiger partial charge is 0.261 e. The van der Waals surface area contributed by atoms with E-state index >= 15 is 0 Å². The van der Waals surface area contributed by atoms with Crippen LogP contribution in [0.2, 0.25) is 0 Å². The van der Waals surface area contributed by atoms with Crippen molar-refractivity contribution in [2.45, 2.75) is 6.92 Å². The molecule has 0 aliphatic carbocycles. The van der Waals surface area contributed by atoms with Gasteiger partial charge in [0.1, 0.15) is 24.1 Å². The Balaban J connectivity index is 0.00000205. The van der Waals surface area contributed by atoms with E-state index in [4.69, 9.17) is 9.15 Å². The first-order chi connectivity index (χ1) is 13.8. The minimum atomic E-state index is 0. The summed E-state index contributed by atoms with van der Waals surface area (Å²) < 4.78 is 14.1. The molecule has 0 saturated heterocycles. The third-order valence-corrected chi connectivity index (χ3v) is 5.10. The lowest BCUT2D eigenvalue weighted by atomic mass is 10.1. The molecule has 0 amide bonds. The van der Waals surface area contributed by atoms with Crippen LogP contribution in [0.3, 0.4) is 0 Å². The van der Waals surface area contributed by atoms with Gasteiger partial charge in [-0.1, -0.05) is 24.3 Å². The number of pyridine rings is 1. The van der Waals surface area contributed by atoms with Crippen LogP contribution in [0.15, 0.2) is 77.2 Å². The number of para-hydroxylation sites is 2. The van der Waals surface area contributed by atoms with Crippen LogP contribution in [0.1, 0.15) is 6.92 Å². The minimum Gasteiger partial charge on any atom is -1.00 e. The largest absolute Gasteiger partial charge is 1.00 e. The van der Waals surface area contributed by atoms with Gasteiger partial charge in [0.05, 0.1) is 17.4 Å². The molecule has 2 aromatic heterocycles. The molecule has 5 aromatic rings. The lowest BCUT2D eigenvalue weighted by Gasteiger charge is -2.10. The Morgan fingerprint density at radius 1 is 0.897 bits per heavy atom. The van der Waals surface area contributed by atoms with Gasteiger partial charge in [0.25, 0.3) is 5.52 Å². The maximum Gasteiger partial charge on any atom is 0.261 e. The molecule has 2 heterocycles. The standard InChI is InChI=1S/C24H20N2O2.HI/c1-3-27-17-14-12-16(13-15-17)25-22-18-8-4-6-10-20(18)26(2)23-19-9-5-7-11-21(19)28-24(22)23;/h4-15H,3H2,1-2H3;1H. The number of hydrogen-bond acceptors (Lipinski definition) is 3. The number of aryl methyl sites for hydroxylation is 1. The number of rotatable bonds is 4. The van der Waals surface area contributed by atoms with Crippen molar-refractivity contribution in [3.05, 3.63) is 72.8 Å². The third kappa shape index (κ3) is 3.29. The molecule has 0 unspecified atom stereocenters. The number of anilines is 2. The zero-order chi connectivity index (χ0) is 19.1. The summed E-state index contributed by atoms with van der Waals surface area (Å²) in [5, 5.41) is 5.81. The van der Waals surface area contributed by atoms with Crippen molar-refractivity contribution in [3.8, 4) is 5.75 Å². The summed E-state index contributed by atoms with van der Waals surface area (Å²) in [6, 6.07) is 24.6. The van der Waals surface area contributed by atoms with Crippen molar-refractivity contribution in [2.24, 2.45) is 7.05 Å². The third-order valence-electron chi connectivity index (χ3n) is 5.10. The average molecular weight is 496 g/mol. The van der Waals surface area contributed by atoms with E-state index in [0.717, 1.165) is 50.1 Å². The molecular formula is C24H21IN2O2. The van der Waals surface area contributed by atoms with Crippen LogP contribution in [0.25, 0.3) is 33.0 Å². The van der Waals surface area contributed by atoms with Gasteiger partial charge in [0.2, 0.25) is 11.1 Å². The van der Waals surface area contributed by atoms with E-state index in [1.165, 1.54) is 0 Å². The highest BCUT2D eigenvalue weighted by Gasteiger charge is 2.24. The van der Waals surface area contributed by atoms with Crippen LogP contribution in [0, 0.1) is 0 Å². The number of halogens is 1. The van der Waals surface area contributed by atoms with Gasteiger partial charge in [-0.3, -0.25) is 0 Å². The van der Waals surface area contributed by atoms with Crippen LogP contribution in [0.4, 0.5) is 11.4 Å². The number of benzene rings is 3. The maximum atomic E-state index is 6.30. The molecule has 0 aliphatic heterocycles. The van der Waals surface area contributed by atoms with Gasteiger partial charge in [-0.25, -0.2) is 0 Å². The molecule has 0 atom stereocenters. The second-order valence-corrected chi connectivity index (χ2v) is 6.81. The Morgan fingerprint density at radius 2 is 1.59 bits per heavy atom. The topological polar surface area (TPSA) is 38.3 Å². The summed E-state index contributed by atoms with van der Waals surface area (Å²) >= 11 is 0. The summed E-state index contributed by atoms with van der Waals surface area (Å²) in [5.74, 6) is 0.867.